The summed E-state index contributed by atoms with van der Waals surface area (Å²) in [7, 11) is 0. The number of hydrogen-bond donors (Lipinski definition) is 1. The number of anilines is 1. The molecule has 0 unspecified atom stereocenters. The quantitative estimate of drug-likeness (QED) is 0.645. The highest BCUT2D eigenvalue weighted by atomic mass is 32.1. The van der Waals surface area contributed by atoms with Crippen LogP contribution in [0.5, 0.6) is 0 Å². The molecule has 0 amide bonds. The molecule has 26 heavy (non-hydrogen) atoms. The molecule has 0 aliphatic carbocycles. The van der Waals surface area contributed by atoms with Gasteiger partial charge < -0.3 is 14.4 Å². The minimum atomic E-state index is 0.0567. The van der Waals surface area contributed by atoms with Gasteiger partial charge in [0, 0.05) is 17.8 Å². The van der Waals surface area contributed by atoms with Crippen molar-refractivity contribution in [3.63, 3.8) is 0 Å². The standard InChI is InChI=1S/C20H26N4OS/c1-4-24-15(2)18(16(3)25)19(21-20(24)26)23-12-10-22(11-13-23)14-17-8-6-5-7-9-17/h5-9H,4,10-14H2,1-3H3/p+1. The van der Waals surface area contributed by atoms with E-state index in [1.807, 2.05) is 18.4 Å². The summed E-state index contributed by atoms with van der Waals surface area (Å²) in [6.45, 7) is 11.2. The number of nitrogens with one attached hydrogen (secondary N) is 1. The van der Waals surface area contributed by atoms with Crippen molar-refractivity contribution in [3.05, 3.63) is 51.9 Å². The number of aromatic nitrogens is 2. The van der Waals surface area contributed by atoms with Crippen molar-refractivity contribution in [2.75, 3.05) is 31.1 Å². The largest absolute Gasteiger partial charge is 0.345 e. The molecule has 3 rings (SSSR count). The third kappa shape index (κ3) is 3.86. The zero-order valence-corrected chi connectivity index (χ0v) is 16.6. The molecule has 1 N–H and O–H groups in total. The predicted molar refractivity (Wildman–Crippen MR) is 107 cm³/mol. The minimum absolute atomic E-state index is 0.0567. The number of hydrogen-bond acceptors (Lipinski definition) is 4. The zero-order chi connectivity index (χ0) is 18.7. The maximum absolute atomic E-state index is 12.3. The van der Waals surface area contributed by atoms with Crippen LogP contribution < -0.4 is 9.80 Å². The molecule has 0 bridgehead atoms. The lowest BCUT2D eigenvalue weighted by Crippen LogP contribution is -3.13. The Labute approximate surface area is 160 Å². The molecule has 6 heteroatoms. The van der Waals surface area contributed by atoms with Crippen LogP contribution in [-0.2, 0) is 13.1 Å². The van der Waals surface area contributed by atoms with E-state index in [-0.39, 0.29) is 5.78 Å². The first kappa shape index (κ1) is 18.7. The Bertz CT molecular complexity index is 839. The number of Topliss-reactive ketones (excluding diaryl/α,β-unsaturated/α-hetero) is 1. The molecule has 1 aromatic heterocycles. The van der Waals surface area contributed by atoms with Crippen molar-refractivity contribution in [2.45, 2.75) is 33.9 Å². The second-order valence-electron chi connectivity index (χ2n) is 6.88. The van der Waals surface area contributed by atoms with Gasteiger partial charge in [-0.3, -0.25) is 4.79 Å². The van der Waals surface area contributed by atoms with E-state index in [1.54, 1.807) is 11.8 Å². The fourth-order valence-corrected chi connectivity index (χ4v) is 4.11. The monoisotopic (exact) mass is 371 g/mol. The number of rotatable bonds is 5. The van der Waals surface area contributed by atoms with Gasteiger partial charge in [-0.25, -0.2) is 4.98 Å². The van der Waals surface area contributed by atoms with Crippen LogP contribution in [0.25, 0.3) is 0 Å². The van der Waals surface area contributed by atoms with Crippen molar-refractivity contribution in [2.24, 2.45) is 0 Å². The summed E-state index contributed by atoms with van der Waals surface area (Å²) in [6, 6.07) is 10.6. The molecule has 138 valence electrons. The van der Waals surface area contributed by atoms with E-state index >= 15 is 0 Å². The third-order valence-corrected chi connectivity index (χ3v) is 5.47. The Kier molecular flexibility index (Phi) is 5.84. The number of carbonyl (C=O) groups is 1. The smallest absolute Gasteiger partial charge is 0.201 e. The number of carbonyl (C=O) groups excluding carboxylic acids is 1. The topological polar surface area (TPSA) is 42.6 Å². The molecular weight excluding hydrogens is 344 g/mol. The zero-order valence-electron chi connectivity index (χ0n) is 15.8. The first-order valence-corrected chi connectivity index (χ1v) is 9.67. The van der Waals surface area contributed by atoms with Crippen molar-refractivity contribution in [1.29, 1.82) is 0 Å². The van der Waals surface area contributed by atoms with Crippen molar-refractivity contribution < 1.29 is 9.69 Å². The van der Waals surface area contributed by atoms with Crippen LogP contribution in [0.3, 0.4) is 0 Å². The van der Waals surface area contributed by atoms with Crippen molar-refractivity contribution in [1.82, 2.24) is 9.55 Å². The van der Waals surface area contributed by atoms with Gasteiger partial charge in [0.2, 0.25) is 4.77 Å². The maximum Gasteiger partial charge on any atom is 0.201 e. The van der Waals surface area contributed by atoms with Gasteiger partial charge >= 0.3 is 0 Å². The van der Waals surface area contributed by atoms with Crippen LogP contribution in [0.4, 0.5) is 5.82 Å². The Morgan fingerprint density at radius 2 is 1.88 bits per heavy atom. The average Bonchev–Trinajstić information content (AvgIpc) is 2.62. The SMILES string of the molecule is CCn1c(C)c(C(C)=O)c(N2CC[NH+](Cc3ccccc3)CC2)nc1=S. The fraction of sp³-hybridized carbons (Fsp3) is 0.450. The molecule has 2 aromatic rings. The second-order valence-corrected chi connectivity index (χ2v) is 7.24. The number of nitrogens with zero attached hydrogens (tertiary/aromatic N) is 3. The third-order valence-electron chi connectivity index (χ3n) is 5.16. The molecule has 1 aliphatic rings. The van der Waals surface area contributed by atoms with Crippen LogP contribution in [0, 0.1) is 11.7 Å². The fourth-order valence-electron chi connectivity index (χ4n) is 3.76. The van der Waals surface area contributed by atoms with E-state index in [1.165, 1.54) is 5.56 Å². The van der Waals surface area contributed by atoms with Crippen LogP contribution in [-0.4, -0.2) is 41.5 Å². The lowest BCUT2D eigenvalue weighted by Gasteiger charge is -2.34. The van der Waals surface area contributed by atoms with E-state index in [0.717, 1.165) is 50.8 Å². The molecule has 1 fully saturated rings. The van der Waals surface area contributed by atoms with Gasteiger partial charge in [0.15, 0.2) is 5.78 Å². The minimum Gasteiger partial charge on any atom is -0.345 e. The first-order valence-electron chi connectivity index (χ1n) is 9.26. The molecule has 2 heterocycles. The van der Waals surface area contributed by atoms with Crippen LogP contribution >= 0.6 is 12.2 Å². The maximum atomic E-state index is 12.3. The lowest BCUT2D eigenvalue weighted by molar-refractivity contribution is -0.914. The molecule has 0 spiro atoms. The highest BCUT2D eigenvalue weighted by molar-refractivity contribution is 7.71. The summed E-state index contributed by atoms with van der Waals surface area (Å²) >= 11 is 5.46. The van der Waals surface area contributed by atoms with E-state index in [2.05, 4.69) is 40.2 Å². The Morgan fingerprint density at radius 3 is 2.46 bits per heavy atom. The van der Waals surface area contributed by atoms with Gasteiger partial charge in [-0.1, -0.05) is 30.3 Å². The Hall–Kier alpha value is -2.05. The molecule has 1 aliphatic heterocycles. The van der Waals surface area contributed by atoms with Gasteiger partial charge in [-0.2, -0.15) is 0 Å². The number of benzene rings is 1. The summed E-state index contributed by atoms with van der Waals surface area (Å²) in [5.74, 6) is 0.824. The lowest BCUT2D eigenvalue weighted by atomic mass is 10.1. The second kappa shape index (κ2) is 8.10. The van der Waals surface area contributed by atoms with E-state index in [0.29, 0.717) is 10.3 Å². The highest BCUT2D eigenvalue weighted by Crippen LogP contribution is 2.22. The van der Waals surface area contributed by atoms with E-state index in [9.17, 15) is 4.79 Å². The van der Waals surface area contributed by atoms with Gasteiger partial charge in [-0.05, 0) is 33.0 Å². The first-order chi connectivity index (χ1) is 12.5. The van der Waals surface area contributed by atoms with Crippen molar-refractivity contribution in [3.8, 4) is 0 Å². The normalized spacial score (nSPS) is 15.3. The van der Waals surface area contributed by atoms with Gasteiger partial charge in [-0.15, -0.1) is 0 Å². The summed E-state index contributed by atoms with van der Waals surface area (Å²) in [5.41, 5.74) is 3.01. The summed E-state index contributed by atoms with van der Waals surface area (Å²) in [5, 5.41) is 0. The van der Waals surface area contributed by atoms with E-state index < -0.39 is 0 Å². The summed E-state index contributed by atoms with van der Waals surface area (Å²) in [6.07, 6.45) is 0. The molecule has 0 atom stereocenters. The number of piperazine rings is 1. The van der Waals surface area contributed by atoms with Crippen LogP contribution in [0.1, 0.15) is 35.5 Å². The number of ketones is 1. The van der Waals surface area contributed by atoms with Crippen LogP contribution in [0.15, 0.2) is 30.3 Å². The number of quaternary nitrogens is 1. The Morgan fingerprint density at radius 1 is 1.23 bits per heavy atom. The Balaban J connectivity index is 1.79. The molecule has 1 saturated heterocycles. The highest BCUT2D eigenvalue weighted by Gasteiger charge is 2.26. The molecule has 0 radical (unpaired) electrons. The van der Waals surface area contributed by atoms with Gasteiger partial charge in [0.1, 0.15) is 12.4 Å². The van der Waals surface area contributed by atoms with Crippen molar-refractivity contribution >= 4 is 23.8 Å². The summed E-state index contributed by atoms with van der Waals surface area (Å²) < 4.78 is 2.50. The average molecular weight is 372 g/mol. The molecule has 1 aromatic carbocycles. The molecule has 5 nitrogen and oxygen atoms in total. The van der Waals surface area contributed by atoms with E-state index in [4.69, 9.17) is 12.2 Å². The van der Waals surface area contributed by atoms with Gasteiger partial charge in [0.05, 0.1) is 31.7 Å². The summed E-state index contributed by atoms with van der Waals surface area (Å²) in [4.78, 5) is 20.7. The molecule has 0 saturated carbocycles. The molecular formula is C20H27N4OS+. The van der Waals surface area contributed by atoms with Crippen LogP contribution in [0.2, 0.25) is 0 Å². The van der Waals surface area contributed by atoms with Gasteiger partial charge in [0.25, 0.3) is 0 Å². The predicted octanol–water partition coefficient (Wildman–Crippen LogP) is 2.05.